The minimum Gasteiger partial charge on any atom is -0.487 e. The van der Waals surface area contributed by atoms with Crippen LogP contribution in [0.4, 0.5) is 0 Å². The van der Waals surface area contributed by atoms with Gasteiger partial charge in [-0.1, -0.05) is 46.7 Å². The number of aromatic nitrogens is 1. The van der Waals surface area contributed by atoms with Gasteiger partial charge in [0.15, 0.2) is 4.80 Å². The number of benzene rings is 2. The number of carbonyl (C=O) groups is 1. The average molecular weight is 837 g/mol. The highest BCUT2D eigenvalue weighted by Gasteiger charge is 2.34. The molecular formula is C28H20Cl2I2N2O4S2. The Balaban J connectivity index is 1.62. The first-order valence-electron chi connectivity index (χ1n) is 12.0. The Morgan fingerprint density at radius 3 is 2.70 bits per heavy atom. The van der Waals surface area contributed by atoms with Gasteiger partial charge in [-0.05, 0) is 101 Å². The summed E-state index contributed by atoms with van der Waals surface area (Å²) in [5, 5.41) is 2.99. The number of nitrogens with zero attached hydrogens (tertiary/aromatic N) is 2. The Bertz CT molecular complexity index is 1830. The highest BCUT2D eigenvalue weighted by molar-refractivity contribution is 14.1. The lowest BCUT2D eigenvalue weighted by Crippen LogP contribution is -2.39. The summed E-state index contributed by atoms with van der Waals surface area (Å²) < 4.78 is 15.6. The fraction of sp³-hybridized carbons (Fsp3) is 0.179. The van der Waals surface area contributed by atoms with Crippen molar-refractivity contribution in [1.29, 1.82) is 0 Å². The number of thiophene rings is 1. The van der Waals surface area contributed by atoms with Crippen LogP contribution in [0, 0.1) is 7.14 Å². The highest BCUT2D eigenvalue weighted by atomic mass is 127. The molecule has 1 aliphatic rings. The Hall–Kier alpha value is -1.71. The van der Waals surface area contributed by atoms with Crippen LogP contribution >= 0.6 is 91.1 Å². The van der Waals surface area contributed by atoms with Crippen molar-refractivity contribution in [2.45, 2.75) is 26.5 Å². The SMILES string of the molecule is CCOC(=O)C1=C(C)N=c2s/c(=C\c3cc(I)cc(I)c3OCc3ccc(Cl)cc3Cl)c(=O)n2[C@H]1c1cccs1. The minimum absolute atomic E-state index is 0.229. The number of esters is 1. The average Bonchev–Trinajstić information content (AvgIpc) is 3.52. The van der Waals surface area contributed by atoms with E-state index in [-0.39, 0.29) is 18.8 Å². The van der Waals surface area contributed by atoms with Crippen molar-refractivity contribution in [3.05, 3.63) is 112 Å². The first-order valence-corrected chi connectivity index (χ1v) is 16.6. The molecule has 0 spiro atoms. The van der Waals surface area contributed by atoms with Crippen molar-refractivity contribution < 1.29 is 14.3 Å². The van der Waals surface area contributed by atoms with Crippen molar-refractivity contribution in [2.24, 2.45) is 4.99 Å². The lowest BCUT2D eigenvalue weighted by Gasteiger charge is -2.23. The molecule has 3 heterocycles. The summed E-state index contributed by atoms with van der Waals surface area (Å²) in [5.74, 6) is 0.163. The third-order valence-electron chi connectivity index (χ3n) is 6.04. The van der Waals surface area contributed by atoms with Crippen LogP contribution in [0.25, 0.3) is 6.08 Å². The molecule has 0 saturated carbocycles. The maximum absolute atomic E-state index is 13.9. The van der Waals surface area contributed by atoms with Gasteiger partial charge in [-0.25, -0.2) is 9.79 Å². The first-order chi connectivity index (χ1) is 19.2. The largest absolute Gasteiger partial charge is 0.487 e. The molecule has 0 saturated heterocycles. The molecule has 6 nitrogen and oxygen atoms in total. The molecule has 2 aromatic carbocycles. The molecule has 0 N–H and O–H groups in total. The van der Waals surface area contributed by atoms with Crippen LogP contribution in [0.2, 0.25) is 10.0 Å². The zero-order chi connectivity index (χ0) is 28.6. The lowest BCUT2D eigenvalue weighted by molar-refractivity contribution is -0.139. The fourth-order valence-corrected chi connectivity index (χ4v) is 8.65. The van der Waals surface area contributed by atoms with Crippen LogP contribution in [0.3, 0.4) is 0 Å². The summed E-state index contributed by atoms with van der Waals surface area (Å²) in [4.78, 5) is 33.0. The second-order valence-electron chi connectivity index (χ2n) is 8.65. The number of allylic oxidation sites excluding steroid dienone is 1. The smallest absolute Gasteiger partial charge is 0.338 e. The van der Waals surface area contributed by atoms with Gasteiger partial charge in [-0.15, -0.1) is 11.3 Å². The highest BCUT2D eigenvalue weighted by Crippen LogP contribution is 2.34. The summed E-state index contributed by atoms with van der Waals surface area (Å²) in [5.41, 5.74) is 2.22. The molecule has 0 aliphatic carbocycles. The number of halogens is 4. The summed E-state index contributed by atoms with van der Waals surface area (Å²) in [7, 11) is 0. The number of hydrogen-bond donors (Lipinski definition) is 0. The molecule has 40 heavy (non-hydrogen) atoms. The summed E-state index contributed by atoms with van der Waals surface area (Å²) in [6.45, 7) is 3.99. The van der Waals surface area contributed by atoms with E-state index in [1.165, 1.54) is 22.7 Å². The van der Waals surface area contributed by atoms with E-state index >= 15 is 0 Å². The van der Waals surface area contributed by atoms with Crippen LogP contribution in [0.5, 0.6) is 5.75 Å². The lowest BCUT2D eigenvalue weighted by atomic mass is 10.0. The van der Waals surface area contributed by atoms with Crippen LogP contribution in [-0.4, -0.2) is 17.1 Å². The standard InChI is InChI=1S/C28H20Cl2I2N2O4S2/c1-3-37-27(36)23-14(2)33-28-34(24(23)21-5-4-8-39-21)26(35)22(40-28)10-16-9-18(31)12-20(32)25(16)38-13-15-6-7-17(29)11-19(15)30/h4-12,24H,3,13H2,1-2H3/b22-10-/t24-/m0/s1. The maximum atomic E-state index is 13.9. The third kappa shape index (κ3) is 6.07. The molecule has 206 valence electrons. The molecule has 0 bridgehead atoms. The van der Waals surface area contributed by atoms with Crippen molar-refractivity contribution in [2.75, 3.05) is 6.61 Å². The number of ether oxygens (including phenoxy) is 2. The van der Waals surface area contributed by atoms with E-state index in [0.717, 1.165) is 23.1 Å². The fourth-order valence-electron chi connectivity index (χ4n) is 4.28. The molecule has 0 radical (unpaired) electrons. The Kier molecular flexibility index (Phi) is 9.42. The van der Waals surface area contributed by atoms with Gasteiger partial charge in [0.25, 0.3) is 5.56 Å². The van der Waals surface area contributed by atoms with Gasteiger partial charge in [0.2, 0.25) is 0 Å². The molecular weight excluding hydrogens is 817 g/mol. The quantitative estimate of drug-likeness (QED) is 0.149. The summed E-state index contributed by atoms with van der Waals surface area (Å²) in [6, 6.07) is 12.4. The van der Waals surface area contributed by atoms with Crippen molar-refractivity contribution >= 4 is 103 Å². The van der Waals surface area contributed by atoms with Crippen LogP contribution in [0.1, 0.15) is 35.9 Å². The first kappa shape index (κ1) is 29.8. The van der Waals surface area contributed by atoms with E-state index in [9.17, 15) is 9.59 Å². The van der Waals surface area contributed by atoms with E-state index in [0.29, 0.717) is 36.4 Å². The predicted octanol–water partition coefficient (Wildman–Crippen LogP) is 6.95. The van der Waals surface area contributed by atoms with Gasteiger partial charge in [-0.3, -0.25) is 9.36 Å². The van der Waals surface area contributed by atoms with Gasteiger partial charge in [-0.2, -0.15) is 0 Å². The molecule has 0 amide bonds. The van der Waals surface area contributed by atoms with E-state index in [1.54, 1.807) is 30.5 Å². The zero-order valence-corrected chi connectivity index (χ0v) is 28.5. The zero-order valence-electron chi connectivity index (χ0n) is 21.0. The van der Waals surface area contributed by atoms with E-state index in [1.807, 2.05) is 41.8 Å². The molecule has 0 unspecified atom stereocenters. The number of rotatable bonds is 7. The Labute approximate surface area is 275 Å². The number of hydrogen-bond acceptors (Lipinski definition) is 7. The third-order valence-corrected chi connectivity index (χ3v) is 9.96. The summed E-state index contributed by atoms with van der Waals surface area (Å²) >= 11 is 19.6. The molecule has 2 aromatic heterocycles. The molecule has 4 aromatic rings. The van der Waals surface area contributed by atoms with Gasteiger partial charge >= 0.3 is 5.97 Å². The second kappa shape index (κ2) is 12.7. The van der Waals surface area contributed by atoms with E-state index in [4.69, 9.17) is 32.7 Å². The van der Waals surface area contributed by atoms with Crippen molar-refractivity contribution in [1.82, 2.24) is 4.57 Å². The van der Waals surface area contributed by atoms with E-state index < -0.39 is 12.0 Å². The Morgan fingerprint density at radius 2 is 2.00 bits per heavy atom. The molecule has 0 fully saturated rings. The Morgan fingerprint density at radius 1 is 1.20 bits per heavy atom. The van der Waals surface area contributed by atoms with Crippen LogP contribution in [0.15, 0.2) is 68.9 Å². The van der Waals surface area contributed by atoms with Crippen LogP contribution < -0.4 is 19.6 Å². The van der Waals surface area contributed by atoms with Gasteiger partial charge < -0.3 is 9.47 Å². The van der Waals surface area contributed by atoms with Crippen LogP contribution in [-0.2, 0) is 16.1 Å². The maximum Gasteiger partial charge on any atom is 0.338 e. The van der Waals surface area contributed by atoms with Gasteiger partial charge in [0.1, 0.15) is 18.4 Å². The van der Waals surface area contributed by atoms with Crippen molar-refractivity contribution in [3.63, 3.8) is 0 Å². The second-order valence-corrected chi connectivity index (χ2v) is 13.9. The normalized spacial score (nSPS) is 15.2. The minimum atomic E-state index is -0.615. The molecule has 1 atom stereocenters. The van der Waals surface area contributed by atoms with Crippen molar-refractivity contribution in [3.8, 4) is 5.75 Å². The topological polar surface area (TPSA) is 69.9 Å². The number of thiazole rings is 1. The molecule has 1 aliphatic heterocycles. The molecule has 5 rings (SSSR count). The predicted molar refractivity (Wildman–Crippen MR) is 177 cm³/mol. The number of carbonyl (C=O) groups excluding carboxylic acids is 1. The van der Waals surface area contributed by atoms with Gasteiger partial charge in [0.05, 0.1) is 26.0 Å². The monoisotopic (exact) mass is 836 g/mol. The number of fused-ring (bicyclic) bond motifs is 1. The van der Waals surface area contributed by atoms with Gasteiger partial charge in [0, 0.05) is 29.6 Å². The molecule has 12 heteroatoms. The van der Waals surface area contributed by atoms with E-state index in [2.05, 4.69) is 50.2 Å². The summed E-state index contributed by atoms with van der Waals surface area (Å²) in [6.07, 6.45) is 1.82.